The van der Waals surface area contributed by atoms with Crippen LogP contribution in [0.3, 0.4) is 0 Å². The first-order valence-corrected chi connectivity index (χ1v) is 12.8. The number of nitrogens with zero attached hydrogens (tertiary/aromatic N) is 1. The fraction of sp³-hybridized carbons (Fsp3) is 0.364. The molecule has 1 fully saturated rings. The summed E-state index contributed by atoms with van der Waals surface area (Å²) in [5, 5.41) is 10.9. The van der Waals surface area contributed by atoms with Gasteiger partial charge in [-0.05, 0) is 49.1 Å². The highest BCUT2D eigenvalue weighted by Gasteiger charge is 2.35. The summed E-state index contributed by atoms with van der Waals surface area (Å²) >= 11 is 0.948. The minimum absolute atomic E-state index is 0.000690. The number of carbonyl (C=O) groups excluding carboxylic acids is 1. The van der Waals surface area contributed by atoms with E-state index in [4.69, 9.17) is 5.11 Å². The van der Waals surface area contributed by atoms with Crippen molar-refractivity contribution in [2.45, 2.75) is 33.7 Å². The third-order valence-electron chi connectivity index (χ3n) is 5.39. The number of thioether (sulfide) groups is 1. The summed E-state index contributed by atoms with van der Waals surface area (Å²) in [7, 11) is -3.97. The van der Waals surface area contributed by atoms with Crippen molar-refractivity contribution < 1.29 is 36.3 Å². The van der Waals surface area contributed by atoms with Crippen LogP contribution in [0.15, 0.2) is 63.2 Å². The largest absolute Gasteiger partial charge is 0.480 e. The van der Waals surface area contributed by atoms with E-state index in [1.54, 1.807) is 18.2 Å². The average Bonchev–Trinajstić information content (AvgIpc) is 2.81. The number of urea groups is 1. The van der Waals surface area contributed by atoms with E-state index in [2.05, 4.69) is 5.32 Å². The van der Waals surface area contributed by atoms with Gasteiger partial charge in [0.05, 0.1) is 15.4 Å². The summed E-state index contributed by atoms with van der Waals surface area (Å²) in [6.45, 7) is 0.216. The molecule has 7 nitrogen and oxygen atoms in total. The molecule has 1 aliphatic rings. The summed E-state index contributed by atoms with van der Waals surface area (Å²) in [6, 6.07) is 9.87. The molecule has 1 heterocycles. The predicted molar refractivity (Wildman–Crippen MR) is 119 cm³/mol. The van der Waals surface area contributed by atoms with E-state index in [0.717, 1.165) is 30.0 Å². The third-order valence-corrected chi connectivity index (χ3v) is 8.44. The number of benzene rings is 2. The molecule has 2 aromatic carbocycles. The van der Waals surface area contributed by atoms with Gasteiger partial charge in [0.15, 0.2) is 0 Å². The lowest BCUT2D eigenvalue weighted by molar-refractivity contribution is -0.140. The molecule has 0 spiro atoms. The summed E-state index contributed by atoms with van der Waals surface area (Å²) < 4.78 is 66.5. The van der Waals surface area contributed by atoms with Gasteiger partial charge in [-0.25, -0.2) is 13.2 Å². The number of hydrogen-bond acceptors (Lipinski definition) is 5. The Morgan fingerprint density at radius 1 is 1.06 bits per heavy atom. The van der Waals surface area contributed by atoms with Crippen LogP contribution in [0.5, 0.6) is 0 Å². The zero-order chi connectivity index (χ0) is 24.9. The Balaban J connectivity index is 1.71. The minimum Gasteiger partial charge on any atom is -0.480 e. The molecule has 0 unspecified atom stereocenters. The van der Waals surface area contributed by atoms with Crippen LogP contribution in [0.4, 0.5) is 18.0 Å². The van der Waals surface area contributed by atoms with Gasteiger partial charge in [-0.1, -0.05) is 18.2 Å². The monoisotopic (exact) mass is 516 g/mol. The van der Waals surface area contributed by atoms with Gasteiger partial charge < -0.3 is 15.3 Å². The number of aliphatic carboxylic acids is 1. The predicted octanol–water partition coefficient (Wildman–Crippen LogP) is 4.14. The van der Waals surface area contributed by atoms with Crippen molar-refractivity contribution in [3.8, 4) is 0 Å². The van der Waals surface area contributed by atoms with Crippen molar-refractivity contribution in [3.63, 3.8) is 0 Å². The summed E-state index contributed by atoms with van der Waals surface area (Å²) in [6.07, 6.45) is -3.56. The molecule has 34 heavy (non-hydrogen) atoms. The fourth-order valence-electron chi connectivity index (χ4n) is 3.53. The Hall–Kier alpha value is -2.73. The highest BCUT2D eigenvalue weighted by Crippen LogP contribution is 2.40. The van der Waals surface area contributed by atoms with Gasteiger partial charge in [0.25, 0.3) is 0 Å². The van der Waals surface area contributed by atoms with Crippen LogP contribution >= 0.6 is 11.8 Å². The second-order valence-electron chi connectivity index (χ2n) is 7.77. The number of carbonyl (C=O) groups is 2. The maximum Gasteiger partial charge on any atom is 0.417 e. The highest BCUT2D eigenvalue weighted by molar-refractivity contribution is 7.99. The first-order valence-electron chi connectivity index (χ1n) is 10.4. The Kier molecular flexibility index (Phi) is 8.13. The summed E-state index contributed by atoms with van der Waals surface area (Å²) in [5.41, 5.74) is -0.894. The topological polar surface area (TPSA) is 104 Å². The second-order valence-corrected chi connectivity index (χ2v) is 10.8. The summed E-state index contributed by atoms with van der Waals surface area (Å²) in [5.74, 6) is -0.816. The molecule has 2 N–H and O–H groups in total. The van der Waals surface area contributed by atoms with Crippen LogP contribution in [-0.4, -0.2) is 55.8 Å². The lowest BCUT2D eigenvalue weighted by Crippen LogP contribution is -2.46. The van der Waals surface area contributed by atoms with Gasteiger partial charge in [0.1, 0.15) is 6.54 Å². The number of halogens is 3. The number of piperidine rings is 1. The molecular formula is C22H23F3N2O5S2. The number of sulfone groups is 1. The Labute approximate surface area is 199 Å². The van der Waals surface area contributed by atoms with Crippen LogP contribution in [-0.2, 0) is 20.8 Å². The van der Waals surface area contributed by atoms with Crippen molar-refractivity contribution in [2.75, 3.05) is 25.4 Å². The smallest absolute Gasteiger partial charge is 0.417 e. The number of alkyl halides is 3. The van der Waals surface area contributed by atoms with Gasteiger partial charge in [-0.2, -0.15) is 13.2 Å². The quantitative estimate of drug-likeness (QED) is 0.537. The van der Waals surface area contributed by atoms with Crippen LogP contribution in [0.2, 0.25) is 0 Å². The number of likely N-dealkylation sites (tertiary alicyclic amines) is 1. The standard InChI is InChI=1S/C22H23F3N2O5S2/c23-22(24,25)18-7-6-17(34(31,32)16-4-2-1-3-5-16)12-19(18)33-14-15-8-10-27(11-9-15)21(30)26-13-20(28)29/h1-7,12,15H,8-11,13-14H2,(H,26,30)(H,28,29). The van der Waals surface area contributed by atoms with Crippen LogP contribution in [0, 0.1) is 5.92 Å². The molecule has 0 atom stereocenters. The molecule has 3 rings (SSSR count). The fourth-order valence-corrected chi connectivity index (χ4v) is 6.21. The van der Waals surface area contributed by atoms with Gasteiger partial charge in [0, 0.05) is 23.7 Å². The normalized spacial score (nSPS) is 15.2. The molecule has 0 radical (unpaired) electrons. The zero-order valence-corrected chi connectivity index (χ0v) is 19.5. The number of nitrogens with one attached hydrogen (secondary N) is 1. The number of amides is 2. The lowest BCUT2D eigenvalue weighted by Gasteiger charge is -2.31. The maximum atomic E-state index is 13.6. The Bertz CT molecular complexity index is 1130. The van der Waals surface area contributed by atoms with Crippen molar-refractivity contribution in [2.24, 2.45) is 5.92 Å². The average molecular weight is 517 g/mol. The van der Waals surface area contributed by atoms with Gasteiger partial charge in [0.2, 0.25) is 9.84 Å². The molecule has 0 aromatic heterocycles. The van der Waals surface area contributed by atoms with Crippen molar-refractivity contribution in [1.29, 1.82) is 0 Å². The molecule has 0 bridgehead atoms. The molecule has 0 saturated carbocycles. The molecule has 1 saturated heterocycles. The Morgan fingerprint density at radius 2 is 1.71 bits per heavy atom. The molecule has 2 amide bonds. The number of carboxylic acids is 1. The van der Waals surface area contributed by atoms with Gasteiger partial charge >= 0.3 is 18.2 Å². The molecule has 12 heteroatoms. The zero-order valence-electron chi connectivity index (χ0n) is 17.9. The maximum absolute atomic E-state index is 13.6. The molecule has 184 valence electrons. The highest BCUT2D eigenvalue weighted by atomic mass is 32.2. The van der Waals surface area contributed by atoms with Gasteiger partial charge in [-0.15, -0.1) is 11.8 Å². The number of hydrogen-bond donors (Lipinski definition) is 2. The van der Waals surface area contributed by atoms with E-state index < -0.39 is 40.1 Å². The Morgan fingerprint density at radius 3 is 2.29 bits per heavy atom. The van der Waals surface area contributed by atoms with Gasteiger partial charge in [-0.3, -0.25) is 4.79 Å². The van der Waals surface area contributed by atoms with E-state index >= 15 is 0 Å². The van der Waals surface area contributed by atoms with Crippen LogP contribution in [0.25, 0.3) is 0 Å². The summed E-state index contributed by atoms with van der Waals surface area (Å²) in [4.78, 5) is 23.6. The minimum atomic E-state index is -4.64. The van der Waals surface area contributed by atoms with Crippen molar-refractivity contribution in [1.82, 2.24) is 10.2 Å². The van der Waals surface area contributed by atoms with Crippen LogP contribution in [0.1, 0.15) is 18.4 Å². The molecule has 1 aliphatic heterocycles. The van der Waals surface area contributed by atoms with E-state index in [1.165, 1.54) is 17.0 Å². The molecular weight excluding hydrogens is 493 g/mol. The number of rotatable bonds is 7. The van der Waals surface area contributed by atoms with Crippen molar-refractivity contribution in [3.05, 3.63) is 54.1 Å². The number of carboxylic acid groups (broad SMARTS) is 1. The van der Waals surface area contributed by atoms with E-state index in [9.17, 15) is 31.2 Å². The van der Waals surface area contributed by atoms with E-state index in [-0.39, 0.29) is 20.6 Å². The third kappa shape index (κ3) is 6.44. The SMILES string of the molecule is O=C(O)CNC(=O)N1CCC(CSc2cc(S(=O)(=O)c3ccccc3)ccc2C(F)(F)F)CC1. The molecule has 2 aromatic rings. The van der Waals surface area contributed by atoms with E-state index in [0.29, 0.717) is 31.7 Å². The van der Waals surface area contributed by atoms with Crippen LogP contribution < -0.4 is 5.32 Å². The second kappa shape index (κ2) is 10.7. The first kappa shape index (κ1) is 25.9. The first-order chi connectivity index (χ1) is 16.0. The lowest BCUT2D eigenvalue weighted by atomic mass is 9.99. The van der Waals surface area contributed by atoms with E-state index in [1.807, 2.05) is 0 Å². The van der Waals surface area contributed by atoms with Crippen molar-refractivity contribution >= 4 is 33.6 Å². The molecule has 0 aliphatic carbocycles.